The summed E-state index contributed by atoms with van der Waals surface area (Å²) in [5, 5.41) is 5.60. The highest BCUT2D eigenvalue weighted by atomic mass is 32.2. The number of aliphatic imine (C=N–C) groups is 1. The topological polar surface area (TPSA) is 98.7 Å². The minimum absolute atomic E-state index is 0.0651. The Morgan fingerprint density at radius 2 is 2.09 bits per heavy atom. The van der Waals surface area contributed by atoms with E-state index in [1.165, 1.54) is 18.9 Å². The molecular formula is C25H31N3O6S. The first-order valence-electron chi connectivity index (χ1n) is 11.7. The molecular weight excluding hydrogens is 470 g/mol. The van der Waals surface area contributed by atoms with Crippen molar-refractivity contribution in [2.24, 2.45) is 4.99 Å². The molecule has 9 nitrogen and oxygen atoms in total. The standard InChI is InChI=1S/C25H31N3O6S/c1-5-19-22(24(30)33-4)23(18-9-8-16(31-2)12-20(18)32-3)28-15(14-35-25(28)27-19)11-21(29)26-13-17-7-6-10-34-17/h8-9,12,14,17,23H,5-7,10-11,13H2,1-4H3,(H,26,29)/t17-,23+/m0/s1. The Balaban J connectivity index is 1.69. The van der Waals surface area contributed by atoms with Crippen LogP contribution in [0.15, 0.2) is 45.6 Å². The summed E-state index contributed by atoms with van der Waals surface area (Å²) in [5.74, 6) is 0.617. The van der Waals surface area contributed by atoms with Gasteiger partial charge in [0.15, 0.2) is 5.17 Å². The second-order valence-electron chi connectivity index (χ2n) is 8.32. The summed E-state index contributed by atoms with van der Waals surface area (Å²) in [6.07, 6.45) is 2.73. The van der Waals surface area contributed by atoms with Gasteiger partial charge < -0.3 is 29.2 Å². The van der Waals surface area contributed by atoms with Crippen LogP contribution in [0.3, 0.4) is 0 Å². The Morgan fingerprint density at radius 1 is 1.26 bits per heavy atom. The maximum atomic E-state index is 13.0. The molecule has 3 aliphatic rings. The fourth-order valence-corrected chi connectivity index (χ4v) is 5.45. The van der Waals surface area contributed by atoms with E-state index >= 15 is 0 Å². The molecule has 35 heavy (non-hydrogen) atoms. The summed E-state index contributed by atoms with van der Waals surface area (Å²) in [6, 6.07) is 4.91. The lowest BCUT2D eigenvalue weighted by Crippen LogP contribution is -2.39. The van der Waals surface area contributed by atoms with Gasteiger partial charge in [0, 0.05) is 30.5 Å². The van der Waals surface area contributed by atoms with Crippen LogP contribution in [0.25, 0.3) is 0 Å². The normalized spacial score (nSPS) is 21.3. The van der Waals surface area contributed by atoms with E-state index in [9.17, 15) is 9.59 Å². The summed E-state index contributed by atoms with van der Waals surface area (Å²) >= 11 is 1.44. The third kappa shape index (κ3) is 5.18. The van der Waals surface area contributed by atoms with Crippen molar-refractivity contribution in [1.82, 2.24) is 10.2 Å². The summed E-state index contributed by atoms with van der Waals surface area (Å²) < 4.78 is 21.8. The number of rotatable bonds is 9. The number of hydrogen-bond donors (Lipinski definition) is 1. The number of hydrogen-bond acceptors (Lipinski definition) is 9. The number of esters is 1. The SMILES string of the molecule is CCC1=C(C(=O)OC)[C@@H](c2ccc(OC)cc2OC)N2C(CC(=O)NC[C@@H]3CCCO3)=CSC2=N1. The molecule has 0 radical (unpaired) electrons. The molecule has 0 aliphatic carbocycles. The molecule has 0 spiro atoms. The highest BCUT2D eigenvalue weighted by Gasteiger charge is 2.42. The molecule has 1 amide bonds. The van der Waals surface area contributed by atoms with Crippen LogP contribution in [0.2, 0.25) is 0 Å². The number of fused-ring (bicyclic) bond motifs is 1. The first-order valence-corrected chi connectivity index (χ1v) is 12.5. The summed E-state index contributed by atoms with van der Waals surface area (Å²) in [4.78, 5) is 32.6. The van der Waals surface area contributed by atoms with Gasteiger partial charge >= 0.3 is 5.97 Å². The number of carbonyl (C=O) groups is 2. The fourth-order valence-electron chi connectivity index (χ4n) is 4.51. The van der Waals surface area contributed by atoms with E-state index in [1.54, 1.807) is 20.3 Å². The smallest absolute Gasteiger partial charge is 0.338 e. The number of thioether (sulfide) groups is 1. The van der Waals surface area contributed by atoms with Gasteiger partial charge in [-0.2, -0.15) is 0 Å². The van der Waals surface area contributed by atoms with E-state index in [2.05, 4.69) is 5.32 Å². The lowest BCUT2D eigenvalue weighted by Gasteiger charge is -2.37. The van der Waals surface area contributed by atoms with Gasteiger partial charge in [0.1, 0.15) is 11.5 Å². The van der Waals surface area contributed by atoms with Gasteiger partial charge in [0.25, 0.3) is 0 Å². The van der Waals surface area contributed by atoms with E-state index in [4.69, 9.17) is 23.9 Å². The summed E-state index contributed by atoms with van der Waals surface area (Å²) in [6.45, 7) is 3.18. The van der Waals surface area contributed by atoms with E-state index in [0.29, 0.717) is 40.9 Å². The lowest BCUT2D eigenvalue weighted by atomic mass is 9.92. The highest BCUT2D eigenvalue weighted by Crippen LogP contribution is 2.48. The zero-order chi connectivity index (χ0) is 24.9. The number of ether oxygens (including phenoxy) is 4. The van der Waals surface area contributed by atoms with Crippen LogP contribution in [0, 0.1) is 0 Å². The maximum absolute atomic E-state index is 13.0. The van der Waals surface area contributed by atoms with Gasteiger partial charge in [-0.15, -0.1) is 0 Å². The van der Waals surface area contributed by atoms with E-state index in [0.717, 1.165) is 30.7 Å². The monoisotopic (exact) mass is 501 g/mol. The molecule has 0 aromatic heterocycles. The third-order valence-electron chi connectivity index (χ3n) is 6.26. The Bertz CT molecular complexity index is 1080. The number of methoxy groups -OCH3 is 3. The molecule has 188 valence electrons. The van der Waals surface area contributed by atoms with Gasteiger partial charge in [0.2, 0.25) is 5.91 Å². The van der Waals surface area contributed by atoms with E-state index in [1.807, 2.05) is 29.4 Å². The minimum Gasteiger partial charge on any atom is -0.497 e. The predicted molar refractivity (Wildman–Crippen MR) is 133 cm³/mol. The van der Waals surface area contributed by atoms with Crippen molar-refractivity contribution in [3.63, 3.8) is 0 Å². The Hall–Kier alpha value is -2.98. The number of amidine groups is 1. The third-order valence-corrected chi connectivity index (χ3v) is 7.15. The van der Waals surface area contributed by atoms with Gasteiger partial charge in [0.05, 0.1) is 51.2 Å². The van der Waals surface area contributed by atoms with Gasteiger partial charge in [-0.25, -0.2) is 9.79 Å². The molecule has 0 bridgehead atoms. The van der Waals surface area contributed by atoms with Crippen molar-refractivity contribution in [3.05, 3.63) is 46.1 Å². The van der Waals surface area contributed by atoms with Crippen molar-refractivity contribution < 1.29 is 28.5 Å². The fraction of sp³-hybridized carbons (Fsp3) is 0.480. The van der Waals surface area contributed by atoms with Crippen LogP contribution in [-0.4, -0.2) is 62.5 Å². The van der Waals surface area contributed by atoms with Crippen LogP contribution < -0.4 is 14.8 Å². The summed E-state index contributed by atoms with van der Waals surface area (Å²) in [7, 11) is 4.52. The van der Waals surface area contributed by atoms with Gasteiger partial charge in [-0.3, -0.25) is 4.79 Å². The molecule has 1 fully saturated rings. The molecule has 3 aliphatic heterocycles. The number of nitrogens with one attached hydrogen (secondary N) is 1. The van der Waals surface area contributed by atoms with Crippen LogP contribution in [0.5, 0.6) is 11.5 Å². The van der Waals surface area contributed by atoms with E-state index in [-0.39, 0.29) is 18.4 Å². The Morgan fingerprint density at radius 3 is 2.74 bits per heavy atom. The average molecular weight is 502 g/mol. The number of carbonyl (C=O) groups excluding carboxylic acids is 2. The molecule has 1 saturated heterocycles. The van der Waals surface area contributed by atoms with Crippen LogP contribution in [-0.2, 0) is 19.1 Å². The van der Waals surface area contributed by atoms with Gasteiger partial charge in [-0.05, 0) is 36.8 Å². The molecule has 1 aromatic rings. The van der Waals surface area contributed by atoms with Crippen LogP contribution in [0.1, 0.15) is 44.2 Å². The van der Waals surface area contributed by atoms with Crippen LogP contribution >= 0.6 is 11.8 Å². The molecule has 0 saturated carbocycles. The molecule has 3 heterocycles. The second kappa shape index (κ2) is 11.2. The minimum atomic E-state index is -0.571. The number of benzene rings is 1. The molecule has 0 unspecified atom stereocenters. The summed E-state index contributed by atoms with van der Waals surface area (Å²) in [5.41, 5.74) is 2.57. The van der Waals surface area contributed by atoms with Crippen LogP contribution in [0.4, 0.5) is 0 Å². The molecule has 1 N–H and O–H groups in total. The quantitative estimate of drug-likeness (QED) is 0.513. The molecule has 1 aromatic carbocycles. The zero-order valence-electron chi connectivity index (χ0n) is 20.5. The number of nitrogens with zero attached hydrogens (tertiary/aromatic N) is 2. The largest absolute Gasteiger partial charge is 0.497 e. The number of allylic oxidation sites excluding steroid dienone is 1. The van der Waals surface area contributed by atoms with Crippen molar-refractivity contribution in [2.75, 3.05) is 34.5 Å². The average Bonchev–Trinajstić information content (AvgIpc) is 3.55. The molecule has 4 rings (SSSR count). The number of amides is 1. The van der Waals surface area contributed by atoms with Gasteiger partial charge in [-0.1, -0.05) is 18.7 Å². The van der Waals surface area contributed by atoms with E-state index < -0.39 is 12.0 Å². The highest BCUT2D eigenvalue weighted by molar-refractivity contribution is 8.16. The molecule has 10 heteroatoms. The Labute approximate surface area is 209 Å². The predicted octanol–water partition coefficient (Wildman–Crippen LogP) is 3.53. The van der Waals surface area contributed by atoms with Crippen molar-refractivity contribution in [2.45, 2.75) is 44.8 Å². The van der Waals surface area contributed by atoms with Crippen molar-refractivity contribution in [3.8, 4) is 11.5 Å². The van der Waals surface area contributed by atoms with Crippen molar-refractivity contribution in [1.29, 1.82) is 0 Å². The van der Waals surface area contributed by atoms with Crippen molar-refractivity contribution >= 4 is 28.8 Å². The molecule has 2 atom stereocenters. The zero-order valence-corrected chi connectivity index (χ0v) is 21.3. The first kappa shape index (κ1) is 25.1. The lowest BCUT2D eigenvalue weighted by molar-refractivity contribution is -0.136. The maximum Gasteiger partial charge on any atom is 0.338 e. The second-order valence-corrected chi connectivity index (χ2v) is 9.16. The Kier molecular flexibility index (Phi) is 8.02. The first-order chi connectivity index (χ1) is 17.0.